The third kappa shape index (κ3) is 3.30. The summed E-state index contributed by atoms with van der Waals surface area (Å²) in [5.41, 5.74) is -0.720. The third-order valence-corrected chi connectivity index (χ3v) is 3.65. The lowest BCUT2D eigenvalue weighted by molar-refractivity contribution is -0.147. The summed E-state index contributed by atoms with van der Waals surface area (Å²) in [7, 11) is 3.04. The van der Waals surface area contributed by atoms with Crippen LogP contribution in [0.5, 0.6) is 11.5 Å². The van der Waals surface area contributed by atoms with Crippen molar-refractivity contribution in [1.82, 2.24) is 5.32 Å². The maximum absolute atomic E-state index is 12.2. The summed E-state index contributed by atoms with van der Waals surface area (Å²) in [6.45, 7) is 0.290. The molecule has 0 aliphatic carbocycles. The maximum Gasteiger partial charge on any atom is 0.331 e. The standard InChI is InChI=1S/C15H19NO6/c1-20-11-3-4-12(21-2)10(7-11)8-13(17)16-15(14(18)19)5-6-22-9-15/h3-4,7H,5-6,8-9H2,1-2H3,(H,16,17)(H,18,19). The van der Waals surface area contributed by atoms with Gasteiger partial charge in [-0.1, -0.05) is 0 Å². The molecule has 7 nitrogen and oxygen atoms in total. The van der Waals surface area contributed by atoms with E-state index in [9.17, 15) is 14.7 Å². The predicted molar refractivity (Wildman–Crippen MR) is 77.2 cm³/mol. The predicted octanol–water partition coefficient (Wildman–Crippen LogP) is 0.606. The smallest absolute Gasteiger partial charge is 0.331 e. The number of nitrogens with one attached hydrogen (secondary N) is 1. The van der Waals surface area contributed by atoms with Gasteiger partial charge in [0.25, 0.3) is 0 Å². The van der Waals surface area contributed by atoms with Crippen molar-refractivity contribution in [1.29, 1.82) is 0 Å². The Morgan fingerprint density at radius 1 is 1.36 bits per heavy atom. The van der Waals surface area contributed by atoms with Gasteiger partial charge in [-0.2, -0.15) is 0 Å². The number of hydrogen-bond donors (Lipinski definition) is 2. The van der Waals surface area contributed by atoms with Gasteiger partial charge in [-0.05, 0) is 18.2 Å². The second-order valence-electron chi connectivity index (χ2n) is 5.09. The monoisotopic (exact) mass is 309 g/mol. The molecule has 0 radical (unpaired) electrons. The first kappa shape index (κ1) is 16.1. The van der Waals surface area contributed by atoms with Crippen molar-refractivity contribution in [2.24, 2.45) is 0 Å². The Morgan fingerprint density at radius 2 is 2.14 bits per heavy atom. The first-order valence-corrected chi connectivity index (χ1v) is 6.84. The molecule has 1 aromatic rings. The third-order valence-electron chi connectivity index (χ3n) is 3.65. The van der Waals surface area contributed by atoms with Gasteiger partial charge >= 0.3 is 5.97 Å². The van der Waals surface area contributed by atoms with Gasteiger partial charge in [0.15, 0.2) is 5.54 Å². The number of ether oxygens (including phenoxy) is 3. The normalized spacial score (nSPS) is 20.5. The molecule has 1 aliphatic rings. The van der Waals surface area contributed by atoms with Crippen LogP contribution in [-0.2, 0) is 20.7 Å². The van der Waals surface area contributed by atoms with E-state index < -0.39 is 17.4 Å². The van der Waals surface area contributed by atoms with Gasteiger partial charge in [0, 0.05) is 18.6 Å². The van der Waals surface area contributed by atoms with E-state index in [1.807, 2.05) is 0 Å². The van der Waals surface area contributed by atoms with Crippen molar-refractivity contribution in [2.75, 3.05) is 27.4 Å². The van der Waals surface area contributed by atoms with E-state index in [4.69, 9.17) is 14.2 Å². The van der Waals surface area contributed by atoms with Crippen LogP contribution in [0.2, 0.25) is 0 Å². The molecule has 2 rings (SSSR count). The minimum absolute atomic E-state index is 0.00456. The molecule has 0 saturated carbocycles. The lowest BCUT2D eigenvalue weighted by atomic mass is 9.98. The van der Waals surface area contributed by atoms with E-state index in [2.05, 4.69) is 5.32 Å². The van der Waals surface area contributed by atoms with Gasteiger partial charge in [0.2, 0.25) is 5.91 Å². The van der Waals surface area contributed by atoms with E-state index in [-0.39, 0.29) is 19.4 Å². The van der Waals surface area contributed by atoms with Crippen molar-refractivity contribution in [3.8, 4) is 11.5 Å². The highest BCUT2D eigenvalue weighted by atomic mass is 16.5. The zero-order valence-electron chi connectivity index (χ0n) is 12.5. The Morgan fingerprint density at radius 3 is 2.68 bits per heavy atom. The number of methoxy groups -OCH3 is 2. The molecule has 1 unspecified atom stereocenters. The molecule has 120 valence electrons. The van der Waals surface area contributed by atoms with Crippen molar-refractivity contribution >= 4 is 11.9 Å². The van der Waals surface area contributed by atoms with Gasteiger partial charge in [-0.25, -0.2) is 4.79 Å². The first-order valence-electron chi connectivity index (χ1n) is 6.84. The maximum atomic E-state index is 12.2. The van der Waals surface area contributed by atoms with Gasteiger partial charge in [0.05, 0.1) is 27.2 Å². The first-order chi connectivity index (χ1) is 10.5. The van der Waals surface area contributed by atoms with Crippen LogP contribution in [0, 0.1) is 0 Å². The lowest BCUT2D eigenvalue weighted by Crippen LogP contribution is -2.55. The summed E-state index contributed by atoms with van der Waals surface area (Å²) in [5, 5.41) is 11.9. The zero-order chi connectivity index (χ0) is 16.2. The highest BCUT2D eigenvalue weighted by molar-refractivity contribution is 5.88. The van der Waals surface area contributed by atoms with Crippen LogP contribution in [0.15, 0.2) is 18.2 Å². The van der Waals surface area contributed by atoms with Crippen LogP contribution in [0.1, 0.15) is 12.0 Å². The minimum atomic E-state index is -1.34. The molecule has 7 heteroatoms. The van der Waals surface area contributed by atoms with Crippen LogP contribution in [0.3, 0.4) is 0 Å². The Labute approximate surface area is 128 Å². The van der Waals surface area contributed by atoms with Crippen molar-refractivity contribution in [3.63, 3.8) is 0 Å². The van der Waals surface area contributed by atoms with Crippen molar-refractivity contribution < 1.29 is 28.9 Å². The summed E-state index contributed by atoms with van der Waals surface area (Å²) in [5.74, 6) is -0.348. The fraction of sp³-hybridized carbons (Fsp3) is 0.467. The molecule has 1 aliphatic heterocycles. The molecule has 0 spiro atoms. The topological polar surface area (TPSA) is 94.1 Å². The van der Waals surface area contributed by atoms with Gasteiger partial charge in [-0.3, -0.25) is 4.79 Å². The van der Waals surface area contributed by atoms with E-state index in [0.29, 0.717) is 23.7 Å². The molecular formula is C15H19NO6. The van der Waals surface area contributed by atoms with E-state index in [1.54, 1.807) is 18.2 Å². The zero-order valence-corrected chi connectivity index (χ0v) is 12.5. The molecule has 1 fully saturated rings. The molecule has 1 amide bonds. The summed E-state index contributed by atoms with van der Waals surface area (Å²) in [4.78, 5) is 23.6. The molecule has 1 heterocycles. The molecule has 1 aromatic carbocycles. The average Bonchev–Trinajstić information content (AvgIpc) is 2.96. The van der Waals surface area contributed by atoms with Crippen LogP contribution >= 0.6 is 0 Å². The van der Waals surface area contributed by atoms with Crippen LogP contribution in [0.4, 0.5) is 0 Å². The van der Waals surface area contributed by atoms with Gasteiger partial charge < -0.3 is 24.6 Å². The van der Waals surface area contributed by atoms with Crippen LogP contribution in [-0.4, -0.2) is 50.0 Å². The molecule has 2 N–H and O–H groups in total. The lowest BCUT2D eigenvalue weighted by Gasteiger charge is -2.24. The minimum Gasteiger partial charge on any atom is -0.497 e. The van der Waals surface area contributed by atoms with Crippen molar-refractivity contribution in [3.05, 3.63) is 23.8 Å². The number of benzene rings is 1. The van der Waals surface area contributed by atoms with E-state index >= 15 is 0 Å². The number of carboxylic acids is 1. The Hall–Kier alpha value is -2.28. The van der Waals surface area contributed by atoms with E-state index in [1.165, 1.54) is 14.2 Å². The molecule has 0 aromatic heterocycles. The average molecular weight is 309 g/mol. The summed E-state index contributed by atoms with van der Waals surface area (Å²) in [6.07, 6.45) is 0.249. The second kappa shape index (κ2) is 6.65. The summed E-state index contributed by atoms with van der Waals surface area (Å²) >= 11 is 0. The number of carboxylic acid groups (broad SMARTS) is 1. The highest BCUT2D eigenvalue weighted by Crippen LogP contribution is 2.25. The van der Waals surface area contributed by atoms with Gasteiger partial charge in [-0.15, -0.1) is 0 Å². The Kier molecular flexibility index (Phi) is 4.87. The number of carbonyl (C=O) groups is 2. The summed E-state index contributed by atoms with van der Waals surface area (Å²) < 4.78 is 15.5. The van der Waals surface area contributed by atoms with Gasteiger partial charge in [0.1, 0.15) is 11.5 Å². The fourth-order valence-electron chi connectivity index (χ4n) is 2.39. The number of carbonyl (C=O) groups excluding carboxylic acids is 1. The molecule has 1 saturated heterocycles. The molecular weight excluding hydrogens is 290 g/mol. The fourth-order valence-corrected chi connectivity index (χ4v) is 2.39. The van der Waals surface area contributed by atoms with Crippen molar-refractivity contribution in [2.45, 2.75) is 18.4 Å². The van der Waals surface area contributed by atoms with Crippen LogP contribution < -0.4 is 14.8 Å². The van der Waals surface area contributed by atoms with Crippen LogP contribution in [0.25, 0.3) is 0 Å². The SMILES string of the molecule is COc1ccc(OC)c(CC(=O)NC2(C(=O)O)CCOC2)c1. The summed E-state index contributed by atoms with van der Waals surface area (Å²) in [6, 6.07) is 5.12. The quantitative estimate of drug-likeness (QED) is 0.799. The Bertz CT molecular complexity index is 565. The second-order valence-corrected chi connectivity index (χ2v) is 5.09. The number of hydrogen-bond acceptors (Lipinski definition) is 5. The number of rotatable bonds is 6. The number of amides is 1. The molecule has 22 heavy (non-hydrogen) atoms. The molecule has 1 atom stereocenters. The number of aliphatic carboxylic acids is 1. The van der Waals surface area contributed by atoms with E-state index in [0.717, 1.165) is 0 Å². The Balaban J connectivity index is 2.13. The molecule has 0 bridgehead atoms. The largest absolute Gasteiger partial charge is 0.497 e. The highest BCUT2D eigenvalue weighted by Gasteiger charge is 2.43.